The van der Waals surface area contributed by atoms with E-state index in [1.54, 1.807) is 11.0 Å². The number of aryl methyl sites for hydroxylation is 1. The van der Waals surface area contributed by atoms with Crippen molar-refractivity contribution in [2.45, 2.75) is 25.9 Å². The molecule has 3 nitrogen and oxygen atoms in total. The molecule has 0 saturated carbocycles. The number of benzene rings is 1. The van der Waals surface area contributed by atoms with E-state index in [4.69, 9.17) is 0 Å². The second-order valence-corrected chi connectivity index (χ2v) is 4.83. The number of hydrogen-bond donors (Lipinski definition) is 1. The van der Waals surface area contributed by atoms with Crippen LogP contribution in [0, 0.1) is 6.92 Å². The lowest BCUT2D eigenvalue weighted by atomic mass is 10.1. The molecule has 0 spiro atoms. The minimum absolute atomic E-state index is 0.0183. The minimum atomic E-state index is -0.366. The summed E-state index contributed by atoms with van der Waals surface area (Å²) in [4.78, 5) is 13.6. The number of likely N-dealkylation sites (tertiary alicyclic amines) is 1. The quantitative estimate of drug-likeness (QED) is 0.809. The molecule has 1 N–H and O–H groups in total. The van der Waals surface area contributed by atoms with Crippen LogP contribution in [0.3, 0.4) is 0 Å². The van der Waals surface area contributed by atoms with Crippen molar-refractivity contribution in [3.8, 4) is 0 Å². The van der Waals surface area contributed by atoms with E-state index in [2.05, 4.69) is 0 Å². The Morgan fingerprint density at radius 3 is 3.06 bits per heavy atom. The van der Waals surface area contributed by atoms with Crippen molar-refractivity contribution < 1.29 is 9.90 Å². The summed E-state index contributed by atoms with van der Waals surface area (Å²) in [5.74, 6) is -0.0183. The Bertz CT molecular complexity index is 454. The monoisotopic (exact) mass is 245 g/mol. The van der Waals surface area contributed by atoms with Crippen molar-refractivity contribution in [1.29, 1.82) is 0 Å². The van der Waals surface area contributed by atoms with Gasteiger partial charge in [-0.3, -0.25) is 4.79 Å². The van der Waals surface area contributed by atoms with E-state index in [9.17, 15) is 9.90 Å². The molecule has 1 aliphatic rings. The lowest BCUT2D eigenvalue weighted by Crippen LogP contribution is -2.41. The van der Waals surface area contributed by atoms with Crippen molar-refractivity contribution in [1.82, 2.24) is 4.90 Å². The molecule has 1 saturated heterocycles. The average Bonchev–Trinajstić information content (AvgIpc) is 2.36. The number of aliphatic hydroxyl groups is 1. The predicted molar refractivity (Wildman–Crippen MR) is 72.0 cm³/mol. The van der Waals surface area contributed by atoms with Crippen molar-refractivity contribution in [2.75, 3.05) is 13.1 Å². The Balaban J connectivity index is 1.98. The number of hydrogen-bond acceptors (Lipinski definition) is 2. The maximum Gasteiger partial charge on any atom is 0.246 e. The number of amides is 1. The number of rotatable bonds is 2. The zero-order chi connectivity index (χ0) is 13.0. The van der Waals surface area contributed by atoms with Gasteiger partial charge >= 0.3 is 0 Å². The largest absolute Gasteiger partial charge is 0.391 e. The molecule has 0 aromatic heterocycles. The van der Waals surface area contributed by atoms with E-state index in [-0.39, 0.29) is 12.0 Å². The fourth-order valence-electron chi connectivity index (χ4n) is 2.20. The second-order valence-electron chi connectivity index (χ2n) is 4.83. The summed E-state index contributed by atoms with van der Waals surface area (Å²) in [6.07, 6.45) is 4.73. The van der Waals surface area contributed by atoms with E-state index in [0.717, 1.165) is 24.9 Å². The number of carbonyl (C=O) groups is 1. The molecule has 1 aliphatic heterocycles. The minimum Gasteiger partial charge on any atom is -0.391 e. The summed E-state index contributed by atoms with van der Waals surface area (Å²) in [5, 5.41) is 9.53. The molecule has 1 amide bonds. The van der Waals surface area contributed by atoms with E-state index < -0.39 is 0 Å². The summed E-state index contributed by atoms with van der Waals surface area (Å²) in [7, 11) is 0. The highest BCUT2D eigenvalue weighted by Gasteiger charge is 2.20. The molecule has 1 unspecified atom stereocenters. The van der Waals surface area contributed by atoms with Crippen LogP contribution < -0.4 is 0 Å². The number of carbonyl (C=O) groups excluding carboxylic acids is 1. The van der Waals surface area contributed by atoms with Gasteiger partial charge in [0.1, 0.15) is 0 Å². The summed E-state index contributed by atoms with van der Waals surface area (Å²) in [6.45, 7) is 3.23. The van der Waals surface area contributed by atoms with Gasteiger partial charge in [-0.1, -0.05) is 29.8 Å². The first kappa shape index (κ1) is 12.8. The topological polar surface area (TPSA) is 40.5 Å². The maximum atomic E-state index is 11.9. The van der Waals surface area contributed by atoms with Crippen LogP contribution in [-0.4, -0.2) is 35.1 Å². The summed E-state index contributed by atoms with van der Waals surface area (Å²) in [5.41, 5.74) is 2.21. The van der Waals surface area contributed by atoms with Gasteiger partial charge < -0.3 is 10.0 Å². The molecule has 18 heavy (non-hydrogen) atoms. The van der Waals surface area contributed by atoms with Crippen LogP contribution in [0.2, 0.25) is 0 Å². The van der Waals surface area contributed by atoms with Crippen LogP contribution in [0.5, 0.6) is 0 Å². The summed E-state index contributed by atoms with van der Waals surface area (Å²) < 4.78 is 0. The molecule has 0 aliphatic carbocycles. The van der Waals surface area contributed by atoms with Gasteiger partial charge in [-0.15, -0.1) is 0 Å². The number of nitrogens with zero attached hydrogens (tertiary/aromatic N) is 1. The Morgan fingerprint density at radius 1 is 1.50 bits per heavy atom. The fourth-order valence-corrected chi connectivity index (χ4v) is 2.20. The van der Waals surface area contributed by atoms with Crippen molar-refractivity contribution in [3.05, 3.63) is 41.5 Å². The Labute approximate surface area is 108 Å². The Morgan fingerprint density at radius 2 is 2.33 bits per heavy atom. The molecule has 1 heterocycles. The molecular weight excluding hydrogens is 226 g/mol. The first-order valence-corrected chi connectivity index (χ1v) is 6.37. The van der Waals surface area contributed by atoms with Crippen LogP contribution in [0.25, 0.3) is 6.08 Å². The van der Waals surface area contributed by atoms with Gasteiger partial charge in [0.25, 0.3) is 0 Å². The third kappa shape index (κ3) is 3.44. The van der Waals surface area contributed by atoms with Crippen molar-refractivity contribution in [2.24, 2.45) is 0 Å². The van der Waals surface area contributed by atoms with Crippen LogP contribution in [0.4, 0.5) is 0 Å². The zero-order valence-corrected chi connectivity index (χ0v) is 10.7. The molecule has 1 atom stereocenters. The van der Waals surface area contributed by atoms with Crippen LogP contribution >= 0.6 is 0 Å². The first-order valence-electron chi connectivity index (χ1n) is 6.37. The lowest BCUT2D eigenvalue weighted by molar-refractivity contribution is -0.128. The van der Waals surface area contributed by atoms with Gasteiger partial charge in [0, 0.05) is 19.2 Å². The SMILES string of the molecule is Cc1cccc(/C=C/C(=O)N2CCCC(O)C2)c1. The lowest BCUT2D eigenvalue weighted by Gasteiger charge is -2.29. The maximum absolute atomic E-state index is 11.9. The Kier molecular flexibility index (Phi) is 4.15. The van der Waals surface area contributed by atoms with Crippen LogP contribution in [0.1, 0.15) is 24.0 Å². The van der Waals surface area contributed by atoms with Crippen LogP contribution in [0.15, 0.2) is 30.3 Å². The molecule has 1 aromatic rings. The molecule has 2 rings (SSSR count). The van der Waals surface area contributed by atoms with Gasteiger partial charge in [0.05, 0.1) is 6.10 Å². The average molecular weight is 245 g/mol. The van der Waals surface area contributed by atoms with E-state index in [1.165, 1.54) is 5.56 Å². The van der Waals surface area contributed by atoms with Gasteiger partial charge in [-0.05, 0) is 31.4 Å². The number of aliphatic hydroxyl groups excluding tert-OH is 1. The van der Waals surface area contributed by atoms with Gasteiger partial charge in [-0.2, -0.15) is 0 Å². The first-order chi connectivity index (χ1) is 8.65. The Hall–Kier alpha value is -1.61. The second kappa shape index (κ2) is 5.83. The number of β-amino-alcohol motifs (C(OH)–C–C–N with tert-alkyl or cyclic N) is 1. The van der Waals surface area contributed by atoms with E-state index >= 15 is 0 Å². The van der Waals surface area contributed by atoms with Gasteiger partial charge in [0.2, 0.25) is 5.91 Å². The fraction of sp³-hybridized carbons (Fsp3) is 0.400. The molecule has 96 valence electrons. The zero-order valence-electron chi connectivity index (χ0n) is 10.7. The third-order valence-electron chi connectivity index (χ3n) is 3.17. The van der Waals surface area contributed by atoms with Crippen molar-refractivity contribution in [3.63, 3.8) is 0 Å². The van der Waals surface area contributed by atoms with E-state index in [1.807, 2.05) is 37.3 Å². The highest BCUT2D eigenvalue weighted by Crippen LogP contribution is 2.11. The normalized spacial score (nSPS) is 20.3. The smallest absolute Gasteiger partial charge is 0.246 e. The summed E-state index contributed by atoms with van der Waals surface area (Å²) >= 11 is 0. The third-order valence-corrected chi connectivity index (χ3v) is 3.17. The molecule has 1 fully saturated rings. The van der Waals surface area contributed by atoms with Gasteiger partial charge in [0.15, 0.2) is 0 Å². The highest BCUT2D eigenvalue weighted by atomic mass is 16.3. The van der Waals surface area contributed by atoms with E-state index in [0.29, 0.717) is 6.54 Å². The molecule has 1 aromatic carbocycles. The van der Waals surface area contributed by atoms with Crippen molar-refractivity contribution >= 4 is 12.0 Å². The molecule has 0 radical (unpaired) electrons. The van der Waals surface area contributed by atoms with Gasteiger partial charge in [-0.25, -0.2) is 0 Å². The predicted octanol–water partition coefficient (Wildman–Crippen LogP) is 1.99. The molecule has 3 heteroatoms. The van der Waals surface area contributed by atoms with Crippen LogP contribution in [-0.2, 0) is 4.79 Å². The standard InChI is InChI=1S/C15H19NO2/c1-12-4-2-5-13(10-12)7-8-15(18)16-9-3-6-14(17)11-16/h2,4-5,7-8,10,14,17H,3,6,9,11H2,1H3/b8-7+. The molecule has 0 bridgehead atoms. The molecular formula is C15H19NO2. The summed E-state index contributed by atoms with van der Waals surface area (Å²) in [6, 6.07) is 8.01. The highest BCUT2D eigenvalue weighted by molar-refractivity contribution is 5.91. The number of piperidine rings is 1.